The number of benzene rings is 1. The van der Waals surface area contributed by atoms with Crippen LogP contribution < -0.4 is 4.74 Å². The van der Waals surface area contributed by atoms with Gasteiger partial charge in [-0.25, -0.2) is 0 Å². The Labute approximate surface area is 105 Å². The lowest BCUT2D eigenvalue weighted by Crippen LogP contribution is -2.42. The maximum atomic E-state index is 8.27. The van der Waals surface area contributed by atoms with Crippen molar-refractivity contribution < 1.29 is 9.47 Å². The molecule has 0 fully saturated rings. The van der Waals surface area contributed by atoms with Gasteiger partial charge < -0.3 is 9.47 Å². The van der Waals surface area contributed by atoms with Crippen molar-refractivity contribution in [2.75, 3.05) is 0 Å². The van der Waals surface area contributed by atoms with Crippen molar-refractivity contribution in [3.05, 3.63) is 29.8 Å². The standard InChI is InChI=1S/C12H13B2NO2/c1-9(2)12(13,14)17-11-5-3-10(4-6-11)7-16-8-15/h3-6,9H,7H2,1-2H3. The summed E-state index contributed by atoms with van der Waals surface area (Å²) in [5, 5.41) is 7.08. The first kappa shape index (κ1) is 13.5. The third-order valence-electron chi connectivity index (χ3n) is 2.42. The van der Waals surface area contributed by atoms with Crippen LogP contribution >= 0.6 is 0 Å². The van der Waals surface area contributed by atoms with Crippen LogP contribution in [0.1, 0.15) is 19.4 Å². The highest BCUT2D eigenvalue weighted by molar-refractivity contribution is 6.39. The first-order chi connectivity index (χ1) is 7.95. The summed E-state index contributed by atoms with van der Waals surface area (Å²) in [6.07, 6.45) is 1.61. The van der Waals surface area contributed by atoms with Crippen LogP contribution in [0.15, 0.2) is 24.3 Å². The lowest BCUT2D eigenvalue weighted by molar-refractivity contribution is 0.187. The smallest absolute Gasteiger partial charge is 0.286 e. The van der Waals surface area contributed by atoms with Gasteiger partial charge in [-0.15, -0.1) is 0 Å². The summed E-state index contributed by atoms with van der Waals surface area (Å²) in [4.78, 5) is 0. The summed E-state index contributed by atoms with van der Waals surface area (Å²) in [7, 11) is 11.6. The zero-order chi connectivity index (χ0) is 12.9. The van der Waals surface area contributed by atoms with Crippen molar-refractivity contribution >= 4 is 15.7 Å². The average molecular weight is 225 g/mol. The molecule has 0 bridgehead atoms. The Hall–Kier alpha value is -1.56. The fraction of sp³-hybridized carbons (Fsp3) is 0.417. The van der Waals surface area contributed by atoms with Gasteiger partial charge in [-0.1, -0.05) is 26.0 Å². The summed E-state index contributed by atoms with van der Waals surface area (Å²) in [5.41, 5.74) is 0.878. The van der Waals surface area contributed by atoms with Gasteiger partial charge in [0.15, 0.2) is 0 Å². The topological polar surface area (TPSA) is 42.2 Å². The fourth-order valence-corrected chi connectivity index (χ4v) is 1.09. The Morgan fingerprint density at radius 1 is 1.29 bits per heavy atom. The molecule has 0 heterocycles. The molecule has 0 N–H and O–H groups in total. The lowest BCUT2D eigenvalue weighted by Gasteiger charge is -2.32. The Kier molecular flexibility index (Phi) is 4.51. The third-order valence-corrected chi connectivity index (χ3v) is 2.42. The van der Waals surface area contributed by atoms with Crippen LogP contribution in [-0.2, 0) is 11.3 Å². The van der Waals surface area contributed by atoms with Gasteiger partial charge in [0.1, 0.15) is 28.0 Å². The van der Waals surface area contributed by atoms with Crippen molar-refractivity contribution in [1.29, 1.82) is 5.26 Å². The minimum atomic E-state index is -1.19. The first-order valence-electron chi connectivity index (χ1n) is 5.32. The molecule has 0 spiro atoms. The second kappa shape index (κ2) is 5.67. The van der Waals surface area contributed by atoms with E-state index in [0.717, 1.165) is 5.56 Å². The molecule has 0 aliphatic rings. The summed E-state index contributed by atoms with van der Waals surface area (Å²) in [6, 6.07) is 7.08. The zero-order valence-corrected chi connectivity index (χ0v) is 10.0. The Balaban J connectivity index is 2.66. The second-order valence-electron chi connectivity index (χ2n) is 4.13. The molecule has 0 amide bonds. The molecular weight excluding hydrogens is 212 g/mol. The van der Waals surface area contributed by atoms with Gasteiger partial charge in [0.05, 0.1) is 0 Å². The Bertz CT molecular complexity index is 396. The molecule has 0 saturated heterocycles. The Morgan fingerprint density at radius 2 is 1.88 bits per heavy atom. The van der Waals surface area contributed by atoms with Crippen LogP contribution in [0.4, 0.5) is 0 Å². The molecule has 0 unspecified atom stereocenters. The predicted octanol–water partition coefficient (Wildman–Crippen LogP) is 1.71. The lowest BCUT2D eigenvalue weighted by atomic mass is 9.59. The van der Waals surface area contributed by atoms with Crippen LogP contribution in [0.3, 0.4) is 0 Å². The summed E-state index contributed by atoms with van der Waals surface area (Å²) < 4.78 is 10.1. The molecule has 0 aliphatic carbocycles. The molecule has 4 radical (unpaired) electrons. The highest BCUT2D eigenvalue weighted by Crippen LogP contribution is 2.20. The van der Waals surface area contributed by atoms with E-state index in [9.17, 15) is 0 Å². The van der Waals surface area contributed by atoms with Crippen molar-refractivity contribution in [1.82, 2.24) is 0 Å². The fourth-order valence-electron chi connectivity index (χ4n) is 1.09. The van der Waals surface area contributed by atoms with E-state index < -0.39 is 5.40 Å². The van der Waals surface area contributed by atoms with Gasteiger partial charge in [0.2, 0.25) is 0 Å². The van der Waals surface area contributed by atoms with Crippen LogP contribution in [0, 0.1) is 17.4 Å². The maximum Gasteiger partial charge on any atom is 0.286 e. The molecule has 17 heavy (non-hydrogen) atoms. The zero-order valence-electron chi connectivity index (χ0n) is 10.0. The van der Waals surface area contributed by atoms with Gasteiger partial charge in [0.25, 0.3) is 6.26 Å². The van der Waals surface area contributed by atoms with E-state index in [1.54, 1.807) is 30.5 Å². The van der Waals surface area contributed by atoms with Gasteiger partial charge in [-0.05, 0) is 23.6 Å². The molecule has 0 saturated carbocycles. The van der Waals surface area contributed by atoms with E-state index in [2.05, 4.69) is 4.74 Å². The van der Waals surface area contributed by atoms with Crippen molar-refractivity contribution in [2.45, 2.75) is 25.9 Å². The monoisotopic (exact) mass is 225 g/mol. The highest BCUT2D eigenvalue weighted by Gasteiger charge is 2.22. The molecular formula is C12H13B2NO2. The number of nitriles is 1. The summed E-state index contributed by atoms with van der Waals surface area (Å²) >= 11 is 0. The van der Waals surface area contributed by atoms with E-state index >= 15 is 0 Å². The molecule has 1 aromatic rings. The average Bonchev–Trinajstić information content (AvgIpc) is 2.27. The quantitative estimate of drug-likeness (QED) is 0.565. The number of hydrogen-bond donors (Lipinski definition) is 0. The Morgan fingerprint density at radius 3 is 2.35 bits per heavy atom. The molecule has 3 nitrogen and oxygen atoms in total. The van der Waals surface area contributed by atoms with Gasteiger partial charge in [0, 0.05) is 5.40 Å². The van der Waals surface area contributed by atoms with Crippen molar-refractivity contribution in [2.24, 2.45) is 5.92 Å². The second-order valence-corrected chi connectivity index (χ2v) is 4.13. The molecule has 84 valence electrons. The largest absolute Gasteiger partial charge is 0.507 e. The predicted molar refractivity (Wildman–Crippen MR) is 66.5 cm³/mol. The van der Waals surface area contributed by atoms with Crippen LogP contribution in [0.5, 0.6) is 5.75 Å². The van der Waals surface area contributed by atoms with Crippen LogP contribution in [-0.4, -0.2) is 21.1 Å². The van der Waals surface area contributed by atoms with Gasteiger partial charge in [-0.2, -0.15) is 5.26 Å². The van der Waals surface area contributed by atoms with Gasteiger partial charge in [-0.3, -0.25) is 0 Å². The van der Waals surface area contributed by atoms with Crippen molar-refractivity contribution in [3.63, 3.8) is 0 Å². The van der Waals surface area contributed by atoms with E-state index in [-0.39, 0.29) is 12.5 Å². The molecule has 1 rings (SSSR count). The number of rotatable bonds is 5. The molecule has 0 aliphatic heterocycles. The molecule has 5 heteroatoms. The van der Waals surface area contributed by atoms with E-state index in [0.29, 0.717) is 5.75 Å². The normalized spacial score (nSPS) is 10.9. The van der Waals surface area contributed by atoms with Gasteiger partial charge >= 0.3 is 0 Å². The minimum Gasteiger partial charge on any atom is -0.507 e. The first-order valence-corrected chi connectivity index (χ1v) is 5.32. The highest BCUT2D eigenvalue weighted by atomic mass is 16.5. The molecule has 1 aromatic carbocycles. The SMILES string of the molecule is [B]C([B])(Oc1ccc(COC#N)cc1)C(C)C. The summed E-state index contributed by atoms with van der Waals surface area (Å²) in [5.74, 6) is 0.577. The van der Waals surface area contributed by atoms with E-state index in [1.165, 1.54) is 0 Å². The number of nitrogens with zero attached hydrogens (tertiary/aromatic N) is 1. The van der Waals surface area contributed by atoms with Crippen LogP contribution in [0.25, 0.3) is 0 Å². The maximum absolute atomic E-state index is 8.27. The minimum absolute atomic E-state index is 0.0101. The summed E-state index contributed by atoms with van der Waals surface area (Å²) in [6.45, 7) is 4.02. The third kappa shape index (κ3) is 4.07. The number of hydrogen-bond acceptors (Lipinski definition) is 3. The number of ether oxygens (including phenoxy) is 2. The van der Waals surface area contributed by atoms with E-state index in [1.807, 2.05) is 13.8 Å². The van der Waals surface area contributed by atoms with Crippen LogP contribution in [0.2, 0.25) is 0 Å². The molecule has 0 aromatic heterocycles. The molecule has 0 atom stereocenters. The van der Waals surface area contributed by atoms with E-state index in [4.69, 9.17) is 25.7 Å². The van der Waals surface area contributed by atoms with Crippen molar-refractivity contribution in [3.8, 4) is 12.0 Å².